The van der Waals surface area contributed by atoms with E-state index >= 15 is 0 Å². The lowest BCUT2D eigenvalue weighted by Crippen LogP contribution is -2.17. The molecule has 0 fully saturated rings. The zero-order chi connectivity index (χ0) is 13.1. The molecule has 0 amide bonds. The van der Waals surface area contributed by atoms with Crippen LogP contribution in [0.4, 0.5) is 10.1 Å². The summed E-state index contributed by atoms with van der Waals surface area (Å²) < 4.78 is 15.6. The zero-order valence-electron chi connectivity index (χ0n) is 10.6. The Morgan fingerprint density at radius 1 is 1.39 bits per heavy atom. The van der Waals surface area contributed by atoms with Gasteiger partial charge in [0.15, 0.2) is 0 Å². The van der Waals surface area contributed by atoms with Crippen molar-refractivity contribution in [3.63, 3.8) is 0 Å². The van der Waals surface area contributed by atoms with Crippen LogP contribution in [0.5, 0.6) is 0 Å². The molecule has 18 heavy (non-hydrogen) atoms. The van der Waals surface area contributed by atoms with E-state index in [0.717, 1.165) is 11.1 Å². The van der Waals surface area contributed by atoms with Crippen LogP contribution >= 0.6 is 0 Å². The van der Waals surface area contributed by atoms with Gasteiger partial charge in [-0.3, -0.25) is 4.68 Å². The number of aromatic nitrogens is 2. The van der Waals surface area contributed by atoms with Crippen molar-refractivity contribution >= 4 is 5.69 Å². The highest BCUT2D eigenvalue weighted by atomic mass is 19.1. The van der Waals surface area contributed by atoms with Gasteiger partial charge in [-0.05, 0) is 17.7 Å². The standard InChI is InChI=1S/C13H17FN4/c1-17(8-11-7-16-18(2)9-11)13-4-3-10(6-15)5-12(13)14/h3-5,7,9H,6,8,15H2,1-2H3. The number of anilines is 1. The molecule has 1 heterocycles. The Hall–Kier alpha value is -1.88. The molecule has 0 radical (unpaired) electrons. The number of nitrogens with two attached hydrogens (primary N) is 1. The summed E-state index contributed by atoms with van der Waals surface area (Å²) in [4.78, 5) is 1.85. The lowest BCUT2D eigenvalue weighted by Gasteiger charge is -2.19. The molecular weight excluding hydrogens is 231 g/mol. The molecule has 0 saturated heterocycles. The number of hydrogen-bond donors (Lipinski definition) is 1. The molecule has 0 unspecified atom stereocenters. The van der Waals surface area contributed by atoms with Crippen molar-refractivity contribution in [2.45, 2.75) is 13.1 Å². The molecule has 1 aromatic heterocycles. The van der Waals surface area contributed by atoms with Crippen LogP contribution in [0.3, 0.4) is 0 Å². The Morgan fingerprint density at radius 2 is 2.17 bits per heavy atom. The Labute approximate surface area is 106 Å². The topological polar surface area (TPSA) is 47.1 Å². The van der Waals surface area contributed by atoms with Crippen molar-refractivity contribution in [1.29, 1.82) is 0 Å². The zero-order valence-corrected chi connectivity index (χ0v) is 10.6. The lowest BCUT2D eigenvalue weighted by molar-refractivity contribution is 0.620. The summed E-state index contributed by atoms with van der Waals surface area (Å²) in [5.41, 5.74) is 7.89. The molecule has 0 aliphatic heterocycles. The van der Waals surface area contributed by atoms with Crippen LogP contribution in [0.15, 0.2) is 30.6 Å². The van der Waals surface area contributed by atoms with Crippen LogP contribution in [0.25, 0.3) is 0 Å². The fraction of sp³-hybridized carbons (Fsp3) is 0.308. The Kier molecular flexibility index (Phi) is 3.62. The molecule has 2 rings (SSSR count). The number of aryl methyl sites for hydroxylation is 1. The smallest absolute Gasteiger partial charge is 0.146 e. The molecule has 1 aromatic carbocycles. The van der Waals surface area contributed by atoms with E-state index in [1.807, 2.05) is 31.3 Å². The van der Waals surface area contributed by atoms with Crippen LogP contribution < -0.4 is 10.6 Å². The van der Waals surface area contributed by atoms with E-state index in [1.165, 1.54) is 6.07 Å². The summed E-state index contributed by atoms with van der Waals surface area (Å²) in [7, 11) is 3.72. The summed E-state index contributed by atoms with van der Waals surface area (Å²) in [5.74, 6) is -0.246. The fourth-order valence-corrected chi connectivity index (χ4v) is 1.90. The number of benzene rings is 1. The molecule has 0 aliphatic rings. The second-order valence-corrected chi connectivity index (χ2v) is 4.37. The number of nitrogens with zero attached hydrogens (tertiary/aromatic N) is 3. The predicted molar refractivity (Wildman–Crippen MR) is 69.6 cm³/mol. The molecule has 2 aromatic rings. The largest absolute Gasteiger partial charge is 0.368 e. The molecule has 2 N–H and O–H groups in total. The average molecular weight is 248 g/mol. The van der Waals surface area contributed by atoms with Crippen molar-refractivity contribution in [3.05, 3.63) is 47.5 Å². The van der Waals surface area contributed by atoms with Gasteiger partial charge in [0, 0.05) is 38.9 Å². The van der Waals surface area contributed by atoms with Gasteiger partial charge in [0.05, 0.1) is 11.9 Å². The molecular formula is C13H17FN4. The summed E-state index contributed by atoms with van der Waals surface area (Å²) in [6.07, 6.45) is 3.70. The van der Waals surface area contributed by atoms with Gasteiger partial charge in [0.1, 0.15) is 5.82 Å². The molecule has 0 aliphatic carbocycles. The summed E-state index contributed by atoms with van der Waals surface area (Å²) >= 11 is 0. The Balaban J connectivity index is 2.15. The van der Waals surface area contributed by atoms with Crippen LogP contribution in [-0.2, 0) is 20.1 Å². The molecule has 4 nitrogen and oxygen atoms in total. The van der Waals surface area contributed by atoms with Gasteiger partial charge in [-0.25, -0.2) is 4.39 Å². The van der Waals surface area contributed by atoms with Crippen LogP contribution in [0, 0.1) is 5.82 Å². The van der Waals surface area contributed by atoms with E-state index in [0.29, 0.717) is 18.8 Å². The molecule has 96 valence electrons. The van der Waals surface area contributed by atoms with Crippen molar-refractivity contribution < 1.29 is 4.39 Å². The van der Waals surface area contributed by atoms with E-state index in [9.17, 15) is 4.39 Å². The minimum absolute atomic E-state index is 0.246. The third-order valence-corrected chi connectivity index (χ3v) is 2.84. The van der Waals surface area contributed by atoms with Crippen molar-refractivity contribution in [2.75, 3.05) is 11.9 Å². The van der Waals surface area contributed by atoms with Crippen LogP contribution in [0.1, 0.15) is 11.1 Å². The third kappa shape index (κ3) is 2.68. The minimum atomic E-state index is -0.246. The monoisotopic (exact) mass is 248 g/mol. The number of halogens is 1. The predicted octanol–water partition coefficient (Wildman–Crippen LogP) is 1.65. The van der Waals surface area contributed by atoms with Crippen LogP contribution in [-0.4, -0.2) is 16.8 Å². The SMILES string of the molecule is CN(Cc1cnn(C)c1)c1ccc(CN)cc1F. The first kappa shape index (κ1) is 12.6. The average Bonchev–Trinajstić information content (AvgIpc) is 2.74. The van der Waals surface area contributed by atoms with Gasteiger partial charge in [-0.2, -0.15) is 5.10 Å². The van der Waals surface area contributed by atoms with Crippen LogP contribution in [0.2, 0.25) is 0 Å². The maximum Gasteiger partial charge on any atom is 0.146 e. The lowest BCUT2D eigenvalue weighted by atomic mass is 10.2. The molecule has 0 spiro atoms. The van der Waals surface area contributed by atoms with E-state index in [2.05, 4.69) is 5.10 Å². The quantitative estimate of drug-likeness (QED) is 0.895. The third-order valence-electron chi connectivity index (χ3n) is 2.84. The first-order chi connectivity index (χ1) is 8.60. The second kappa shape index (κ2) is 5.18. The summed E-state index contributed by atoms with van der Waals surface area (Å²) in [6, 6.07) is 5.08. The summed E-state index contributed by atoms with van der Waals surface area (Å²) in [6.45, 7) is 0.969. The first-order valence-corrected chi connectivity index (χ1v) is 5.77. The van der Waals surface area contributed by atoms with Gasteiger partial charge in [0.2, 0.25) is 0 Å². The Bertz CT molecular complexity index is 536. The van der Waals surface area contributed by atoms with Gasteiger partial charge >= 0.3 is 0 Å². The van der Waals surface area contributed by atoms with E-state index in [-0.39, 0.29) is 5.82 Å². The normalized spacial score (nSPS) is 10.7. The van der Waals surface area contributed by atoms with Gasteiger partial charge in [-0.1, -0.05) is 6.07 Å². The van der Waals surface area contributed by atoms with Crippen molar-refractivity contribution in [1.82, 2.24) is 9.78 Å². The van der Waals surface area contributed by atoms with Gasteiger partial charge in [-0.15, -0.1) is 0 Å². The molecule has 5 heteroatoms. The maximum atomic E-state index is 13.9. The highest BCUT2D eigenvalue weighted by Gasteiger charge is 2.09. The maximum absolute atomic E-state index is 13.9. The number of rotatable bonds is 4. The van der Waals surface area contributed by atoms with E-state index in [4.69, 9.17) is 5.73 Å². The molecule has 0 atom stereocenters. The van der Waals surface area contributed by atoms with Gasteiger partial charge < -0.3 is 10.6 Å². The highest BCUT2D eigenvalue weighted by molar-refractivity contribution is 5.48. The second-order valence-electron chi connectivity index (χ2n) is 4.37. The highest BCUT2D eigenvalue weighted by Crippen LogP contribution is 2.20. The fourth-order valence-electron chi connectivity index (χ4n) is 1.90. The Morgan fingerprint density at radius 3 is 2.72 bits per heavy atom. The number of hydrogen-bond acceptors (Lipinski definition) is 3. The van der Waals surface area contributed by atoms with E-state index in [1.54, 1.807) is 16.9 Å². The van der Waals surface area contributed by atoms with Crippen molar-refractivity contribution in [3.8, 4) is 0 Å². The van der Waals surface area contributed by atoms with Gasteiger partial charge in [0.25, 0.3) is 0 Å². The van der Waals surface area contributed by atoms with Crippen molar-refractivity contribution in [2.24, 2.45) is 12.8 Å². The summed E-state index contributed by atoms with van der Waals surface area (Å²) in [5, 5.41) is 4.09. The van der Waals surface area contributed by atoms with E-state index < -0.39 is 0 Å². The molecule has 0 bridgehead atoms. The molecule has 0 saturated carbocycles. The minimum Gasteiger partial charge on any atom is -0.368 e. The first-order valence-electron chi connectivity index (χ1n) is 5.77.